The molecule has 4 aromatic rings. The molecule has 0 bridgehead atoms. The molecule has 11 nitrogen and oxygen atoms in total. The Morgan fingerprint density at radius 2 is 1.65 bits per heavy atom. The molecular weight excluding hydrogens is 518 g/mol. The van der Waals surface area contributed by atoms with Gasteiger partial charge in [-0.2, -0.15) is 0 Å². The number of aryl methyl sites for hydroxylation is 1. The molecule has 0 aliphatic heterocycles. The largest absolute Gasteiger partial charge is 0.493 e. The van der Waals surface area contributed by atoms with Crippen molar-refractivity contribution in [2.24, 2.45) is 0 Å². The van der Waals surface area contributed by atoms with E-state index in [1.54, 1.807) is 24.3 Å². The van der Waals surface area contributed by atoms with E-state index in [2.05, 4.69) is 10.3 Å². The molecule has 40 heavy (non-hydrogen) atoms. The van der Waals surface area contributed by atoms with Crippen molar-refractivity contribution in [3.05, 3.63) is 106 Å². The average molecular weight is 546 g/mol. The van der Waals surface area contributed by atoms with Gasteiger partial charge >= 0.3 is 5.97 Å². The highest BCUT2D eigenvalue weighted by atomic mass is 16.6. The maximum absolute atomic E-state index is 12.3. The number of benzene rings is 3. The molecule has 3 aromatic carbocycles. The summed E-state index contributed by atoms with van der Waals surface area (Å²) in [4.78, 5) is 38.7. The van der Waals surface area contributed by atoms with Crippen LogP contribution in [0.4, 0.5) is 5.69 Å². The summed E-state index contributed by atoms with van der Waals surface area (Å²) in [6.07, 6.45) is 0.609. The van der Waals surface area contributed by atoms with Crippen LogP contribution in [0.1, 0.15) is 17.0 Å². The fourth-order valence-electron chi connectivity index (χ4n) is 3.84. The lowest BCUT2D eigenvalue weighted by molar-refractivity contribution is -0.384. The third-order valence-corrected chi connectivity index (χ3v) is 5.93. The minimum absolute atomic E-state index is 0.0548. The van der Waals surface area contributed by atoms with Gasteiger partial charge in [0.25, 0.3) is 11.6 Å². The molecule has 0 aliphatic carbocycles. The van der Waals surface area contributed by atoms with Crippen molar-refractivity contribution in [2.45, 2.75) is 25.8 Å². The summed E-state index contributed by atoms with van der Waals surface area (Å²) in [5.74, 6) is 0.332. The monoisotopic (exact) mass is 545 g/mol. The number of nitro benzene ring substituents is 1. The lowest BCUT2D eigenvalue weighted by atomic mass is 10.1. The van der Waals surface area contributed by atoms with Crippen molar-refractivity contribution in [2.75, 3.05) is 13.2 Å². The predicted molar refractivity (Wildman–Crippen MR) is 144 cm³/mol. The molecule has 1 heterocycles. The van der Waals surface area contributed by atoms with E-state index in [0.29, 0.717) is 30.2 Å². The first-order valence-electron chi connectivity index (χ1n) is 12.4. The van der Waals surface area contributed by atoms with Crippen LogP contribution >= 0.6 is 0 Å². The zero-order valence-electron chi connectivity index (χ0n) is 21.6. The minimum atomic E-state index is -1.19. The van der Waals surface area contributed by atoms with Gasteiger partial charge in [-0.15, -0.1) is 0 Å². The number of amides is 1. The first-order valence-corrected chi connectivity index (χ1v) is 12.4. The van der Waals surface area contributed by atoms with Crippen molar-refractivity contribution in [1.82, 2.24) is 10.3 Å². The van der Waals surface area contributed by atoms with Crippen LogP contribution in [0.2, 0.25) is 0 Å². The van der Waals surface area contributed by atoms with Crippen molar-refractivity contribution in [3.63, 3.8) is 0 Å². The fourth-order valence-corrected chi connectivity index (χ4v) is 3.84. The van der Waals surface area contributed by atoms with Crippen molar-refractivity contribution >= 4 is 17.6 Å². The number of rotatable bonds is 13. The topological polar surface area (TPSA) is 154 Å². The molecule has 0 fully saturated rings. The van der Waals surface area contributed by atoms with E-state index in [0.717, 1.165) is 17.0 Å². The number of carboxylic acid groups (broad SMARTS) is 1. The van der Waals surface area contributed by atoms with E-state index in [1.807, 2.05) is 37.3 Å². The normalized spacial score (nSPS) is 11.4. The Morgan fingerprint density at radius 3 is 2.30 bits per heavy atom. The van der Waals surface area contributed by atoms with Crippen molar-refractivity contribution < 1.29 is 33.5 Å². The number of aliphatic carboxylic acids is 1. The third kappa shape index (κ3) is 7.67. The van der Waals surface area contributed by atoms with Gasteiger partial charge in [-0.1, -0.05) is 30.3 Å². The van der Waals surface area contributed by atoms with Crippen LogP contribution in [-0.4, -0.2) is 46.1 Å². The number of carboxylic acids is 1. The van der Waals surface area contributed by atoms with Gasteiger partial charge in [0.2, 0.25) is 5.89 Å². The summed E-state index contributed by atoms with van der Waals surface area (Å²) in [5, 5.41) is 22.7. The summed E-state index contributed by atoms with van der Waals surface area (Å²) in [6.45, 7) is 1.80. The number of carbonyl (C=O) groups is 2. The molecule has 1 atom stereocenters. The number of aromatic nitrogens is 1. The number of nitro groups is 1. The van der Waals surface area contributed by atoms with E-state index in [-0.39, 0.29) is 17.9 Å². The molecule has 11 heteroatoms. The Balaban J connectivity index is 1.24. The highest BCUT2D eigenvalue weighted by molar-refractivity contribution is 5.84. The van der Waals surface area contributed by atoms with Crippen LogP contribution in [0.3, 0.4) is 0 Å². The van der Waals surface area contributed by atoms with Crippen LogP contribution < -0.4 is 14.8 Å². The lowest BCUT2D eigenvalue weighted by Crippen LogP contribution is -2.44. The van der Waals surface area contributed by atoms with Gasteiger partial charge in [-0.05, 0) is 48.9 Å². The number of nitrogens with one attached hydrogen (secondary N) is 1. The Morgan fingerprint density at radius 1 is 1.00 bits per heavy atom. The zero-order chi connectivity index (χ0) is 28.5. The summed E-state index contributed by atoms with van der Waals surface area (Å²) < 4.78 is 16.9. The van der Waals surface area contributed by atoms with Gasteiger partial charge in [0.15, 0.2) is 6.61 Å². The molecule has 0 saturated heterocycles. The molecule has 1 amide bonds. The third-order valence-electron chi connectivity index (χ3n) is 5.93. The minimum Gasteiger partial charge on any atom is -0.493 e. The van der Waals surface area contributed by atoms with Crippen molar-refractivity contribution in [1.29, 1.82) is 0 Å². The van der Waals surface area contributed by atoms with Gasteiger partial charge < -0.3 is 24.3 Å². The van der Waals surface area contributed by atoms with Gasteiger partial charge in [-0.3, -0.25) is 14.9 Å². The quantitative estimate of drug-likeness (QED) is 0.184. The summed E-state index contributed by atoms with van der Waals surface area (Å²) in [7, 11) is 0. The summed E-state index contributed by atoms with van der Waals surface area (Å²) >= 11 is 0. The standard InChI is InChI=1S/C29H27N3O8/c1-19-25(31-28(40-19)21-5-3-2-4-6-21)15-16-38-23-11-7-20(8-12-23)17-26(29(34)35)30-27(33)18-39-24-13-9-22(10-14-24)32(36)37/h2-14,26H,15-18H2,1H3,(H,30,33)(H,34,35)/t26-/m0/s1. The molecule has 206 valence electrons. The van der Waals surface area contributed by atoms with Gasteiger partial charge in [0, 0.05) is 30.5 Å². The molecule has 0 unspecified atom stereocenters. The second kappa shape index (κ2) is 13.1. The first-order chi connectivity index (χ1) is 19.3. The highest BCUT2D eigenvalue weighted by Crippen LogP contribution is 2.22. The number of ether oxygens (including phenoxy) is 2. The predicted octanol–water partition coefficient (Wildman–Crippen LogP) is 4.37. The summed E-state index contributed by atoms with van der Waals surface area (Å²) in [5.41, 5.74) is 2.30. The van der Waals surface area contributed by atoms with E-state index in [9.17, 15) is 24.8 Å². The smallest absolute Gasteiger partial charge is 0.326 e. The molecule has 0 saturated carbocycles. The zero-order valence-corrected chi connectivity index (χ0v) is 21.6. The summed E-state index contributed by atoms with van der Waals surface area (Å²) in [6, 6.07) is 20.6. The molecule has 1 aromatic heterocycles. The lowest BCUT2D eigenvalue weighted by Gasteiger charge is -2.15. The van der Waals surface area contributed by atoms with Crippen LogP contribution in [0.15, 0.2) is 83.3 Å². The molecule has 4 rings (SSSR count). The van der Waals surface area contributed by atoms with Gasteiger partial charge in [0.05, 0.1) is 17.2 Å². The van der Waals surface area contributed by atoms with E-state index >= 15 is 0 Å². The fraction of sp³-hybridized carbons (Fsp3) is 0.207. The molecule has 0 spiro atoms. The van der Waals surface area contributed by atoms with Crippen molar-refractivity contribution in [3.8, 4) is 23.0 Å². The molecular formula is C29H27N3O8. The van der Waals surface area contributed by atoms with Gasteiger partial charge in [0.1, 0.15) is 23.3 Å². The number of carbonyl (C=O) groups excluding carboxylic acids is 1. The Labute approximate surface area is 229 Å². The second-order valence-corrected chi connectivity index (χ2v) is 8.83. The number of non-ortho nitro benzene ring substituents is 1. The Bertz CT molecular complexity index is 1450. The van der Waals surface area contributed by atoms with Gasteiger partial charge in [-0.25, -0.2) is 9.78 Å². The maximum atomic E-state index is 12.3. The average Bonchev–Trinajstić information content (AvgIpc) is 3.33. The first kappa shape index (κ1) is 27.8. The number of nitrogens with zero attached hydrogens (tertiary/aromatic N) is 2. The Hall–Kier alpha value is -5.19. The number of oxazole rings is 1. The molecule has 0 aliphatic rings. The van der Waals surface area contributed by atoms with Crippen LogP contribution in [0.5, 0.6) is 11.5 Å². The van der Waals surface area contributed by atoms with E-state index < -0.39 is 29.4 Å². The molecule has 2 N–H and O–H groups in total. The number of hydrogen-bond acceptors (Lipinski definition) is 8. The van der Waals surface area contributed by atoms with E-state index in [1.165, 1.54) is 24.3 Å². The highest BCUT2D eigenvalue weighted by Gasteiger charge is 2.21. The SMILES string of the molecule is Cc1oc(-c2ccccc2)nc1CCOc1ccc(C[C@H](NC(=O)COc2ccc([N+](=O)[O-])cc2)C(=O)O)cc1. The van der Waals surface area contributed by atoms with Crippen LogP contribution in [-0.2, 0) is 22.4 Å². The van der Waals surface area contributed by atoms with Crippen LogP contribution in [0.25, 0.3) is 11.5 Å². The Kier molecular flexibility index (Phi) is 9.08. The number of hydrogen-bond donors (Lipinski definition) is 2. The molecule has 0 radical (unpaired) electrons. The maximum Gasteiger partial charge on any atom is 0.326 e. The van der Waals surface area contributed by atoms with Crippen LogP contribution in [0, 0.1) is 17.0 Å². The second-order valence-electron chi connectivity index (χ2n) is 8.83. The van der Waals surface area contributed by atoms with E-state index in [4.69, 9.17) is 13.9 Å².